The highest BCUT2D eigenvalue weighted by Gasteiger charge is 2.38. The van der Waals surface area contributed by atoms with Gasteiger partial charge in [-0.2, -0.15) is 0 Å². The van der Waals surface area contributed by atoms with Crippen LogP contribution in [0.4, 0.5) is 0 Å². The second-order valence-corrected chi connectivity index (χ2v) is 9.45. The van der Waals surface area contributed by atoms with Crippen LogP contribution in [0.2, 0.25) is 0 Å². The van der Waals surface area contributed by atoms with E-state index in [1.165, 1.54) is 0 Å². The molecule has 26 heavy (non-hydrogen) atoms. The van der Waals surface area contributed by atoms with E-state index in [-0.39, 0.29) is 23.8 Å². The molecule has 1 saturated heterocycles. The van der Waals surface area contributed by atoms with Crippen molar-refractivity contribution < 1.29 is 9.59 Å². The molecule has 1 atom stereocenters. The highest BCUT2D eigenvalue weighted by atomic mass is 32.2. The van der Waals surface area contributed by atoms with Crippen molar-refractivity contribution in [2.45, 2.75) is 38.3 Å². The van der Waals surface area contributed by atoms with Gasteiger partial charge in [-0.25, -0.2) is 4.98 Å². The van der Waals surface area contributed by atoms with Crippen molar-refractivity contribution >= 4 is 46.2 Å². The third-order valence-corrected chi connectivity index (χ3v) is 7.84. The minimum atomic E-state index is -0.344. The number of nitrogens with one attached hydrogen (secondary N) is 1. The van der Waals surface area contributed by atoms with Gasteiger partial charge in [0.15, 0.2) is 0 Å². The topological polar surface area (TPSA) is 62.3 Å². The zero-order chi connectivity index (χ0) is 17.9. The molecule has 8 heteroatoms. The van der Waals surface area contributed by atoms with Crippen LogP contribution < -0.4 is 5.32 Å². The number of thiophene rings is 1. The standard InChI is InChI=1S/C18H21N3O2S3/c22-16(14-10-24-11-21(14)18(23)12-4-1-2-5-12)19-8-13-9-26-17(20-13)15-6-3-7-25-15/h3,6-7,9,12,14H,1-2,4-5,8,10-11H2,(H,19,22)/t14-/m1/s1. The molecule has 2 aromatic heterocycles. The summed E-state index contributed by atoms with van der Waals surface area (Å²) in [5.41, 5.74) is 0.867. The first-order chi connectivity index (χ1) is 12.7. The van der Waals surface area contributed by atoms with Gasteiger partial charge in [0.2, 0.25) is 11.8 Å². The van der Waals surface area contributed by atoms with E-state index in [0.29, 0.717) is 18.2 Å². The Kier molecular flexibility index (Phi) is 5.61. The third-order valence-electron chi connectivity index (χ3n) is 4.90. The smallest absolute Gasteiger partial charge is 0.244 e. The SMILES string of the molecule is O=C(NCc1csc(-c2cccs2)n1)[C@H]1CSCN1C(=O)C1CCCC1. The average Bonchev–Trinajstić information content (AvgIpc) is 3.44. The number of thioether (sulfide) groups is 1. The maximum Gasteiger partial charge on any atom is 0.244 e. The van der Waals surface area contributed by atoms with Crippen LogP contribution in [0.25, 0.3) is 9.88 Å². The van der Waals surface area contributed by atoms with Crippen molar-refractivity contribution in [3.05, 3.63) is 28.6 Å². The van der Waals surface area contributed by atoms with Gasteiger partial charge in [-0.3, -0.25) is 9.59 Å². The van der Waals surface area contributed by atoms with Crippen LogP contribution >= 0.6 is 34.4 Å². The first kappa shape index (κ1) is 18.0. The van der Waals surface area contributed by atoms with Crippen LogP contribution in [-0.4, -0.2) is 39.4 Å². The summed E-state index contributed by atoms with van der Waals surface area (Å²) >= 11 is 4.92. The molecular formula is C18H21N3O2S3. The van der Waals surface area contributed by atoms with Gasteiger partial charge in [0.25, 0.3) is 0 Å². The van der Waals surface area contributed by atoms with Crippen molar-refractivity contribution in [2.24, 2.45) is 5.92 Å². The maximum absolute atomic E-state index is 12.7. The van der Waals surface area contributed by atoms with E-state index in [1.807, 2.05) is 22.9 Å². The van der Waals surface area contributed by atoms with Gasteiger partial charge >= 0.3 is 0 Å². The molecule has 2 aliphatic rings. The van der Waals surface area contributed by atoms with Crippen molar-refractivity contribution in [3.63, 3.8) is 0 Å². The van der Waals surface area contributed by atoms with Gasteiger partial charge in [0.1, 0.15) is 11.0 Å². The fourth-order valence-electron chi connectivity index (χ4n) is 3.48. The van der Waals surface area contributed by atoms with Crippen molar-refractivity contribution in [1.82, 2.24) is 15.2 Å². The first-order valence-corrected chi connectivity index (χ1v) is 11.8. The summed E-state index contributed by atoms with van der Waals surface area (Å²) in [6.07, 6.45) is 4.20. The molecule has 4 rings (SSSR count). The second-order valence-electron chi connectivity index (χ2n) is 6.64. The summed E-state index contributed by atoms with van der Waals surface area (Å²) in [6.45, 7) is 0.410. The average molecular weight is 408 g/mol. The monoisotopic (exact) mass is 407 g/mol. The van der Waals surface area contributed by atoms with E-state index in [2.05, 4.69) is 10.3 Å². The Bertz CT molecular complexity index is 769. The molecule has 0 unspecified atom stereocenters. The fraction of sp³-hybridized carbons (Fsp3) is 0.500. The van der Waals surface area contributed by atoms with Gasteiger partial charge in [0, 0.05) is 17.1 Å². The number of hydrogen-bond acceptors (Lipinski definition) is 6. The predicted octanol–water partition coefficient (Wildman–Crippen LogP) is 3.58. The molecule has 138 valence electrons. The van der Waals surface area contributed by atoms with E-state index < -0.39 is 0 Å². The van der Waals surface area contributed by atoms with Crippen LogP contribution in [0.5, 0.6) is 0 Å². The Balaban J connectivity index is 1.34. The summed E-state index contributed by atoms with van der Waals surface area (Å²) in [7, 11) is 0. The number of carbonyl (C=O) groups is 2. The van der Waals surface area contributed by atoms with Crippen molar-refractivity contribution in [3.8, 4) is 9.88 Å². The van der Waals surface area contributed by atoms with Crippen LogP contribution in [0, 0.1) is 5.92 Å². The molecule has 0 bridgehead atoms. The third kappa shape index (κ3) is 3.82. The highest BCUT2D eigenvalue weighted by Crippen LogP contribution is 2.31. The van der Waals surface area contributed by atoms with Gasteiger partial charge < -0.3 is 10.2 Å². The van der Waals surface area contributed by atoms with Gasteiger partial charge in [0.05, 0.1) is 23.0 Å². The quantitative estimate of drug-likeness (QED) is 0.823. The molecule has 1 aliphatic carbocycles. The molecule has 2 fully saturated rings. The van der Waals surface area contributed by atoms with E-state index in [9.17, 15) is 9.59 Å². The van der Waals surface area contributed by atoms with Crippen molar-refractivity contribution in [1.29, 1.82) is 0 Å². The molecule has 0 aromatic carbocycles. The Hall–Kier alpha value is -1.38. The number of thiazole rings is 1. The number of rotatable bonds is 5. The molecule has 0 radical (unpaired) electrons. The van der Waals surface area contributed by atoms with Crippen LogP contribution in [-0.2, 0) is 16.1 Å². The van der Waals surface area contributed by atoms with E-state index in [0.717, 1.165) is 41.3 Å². The zero-order valence-corrected chi connectivity index (χ0v) is 16.8. The maximum atomic E-state index is 12.7. The Labute approximate surface area is 165 Å². The van der Waals surface area contributed by atoms with E-state index >= 15 is 0 Å². The molecule has 3 heterocycles. The lowest BCUT2D eigenvalue weighted by Gasteiger charge is -2.25. The van der Waals surface area contributed by atoms with Crippen LogP contribution in [0.3, 0.4) is 0 Å². The zero-order valence-electron chi connectivity index (χ0n) is 14.3. The molecule has 1 saturated carbocycles. The predicted molar refractivity (Wildman–Crippen MR) is 107 cm³/mol. The van der Waals surface area contributed by atoms with Gasteiger partial charge in [-0.1, -0.05) is 18.9 Å². The van der Waals surface area contributed by atoms with Crippen molar-refractivity contribution in [2.75, 3.05) is 11.6 Å². The lowest BCUT2D eigenvalue weighted by molar-refractivity contribution is -0.141. The van der Waals surface area contributed by atoms with Crippen LogP contribution in [0.15, 0.2) is 22.9 Å². The van der Waals surface area contributed by atoms with Gasteiger partial charge in [-0.05, 0) is 24.3 Å². The molecule has 2 aromatic rings. The number of hydrogen-bond donors (Lipinski definition) is 1. The molecular weight excluding hydrogens is 386 g/mol. The number of nitrogens with zero attached hydrogens (tertiary/aromatic N) is 2. The summed E-state index contributed by atoms with van der Waals surface area (Å²) < 4.78 is 0. The molecule has 2 amide bonds. The lowest BCUT2D eigenvalue weighted by atomic mass is 10.1. The minimum Gasteiger partial charge on any atom is -0.349 e. The molecule has 1 N–H and O–H groups in total. The highest BCUT2D eigenvalue weighted by molar-refractivity contribution is 7.99. The Morgan fingerprint density at radius 1 is 1.27 bits per heavy atom. The van der Waals surface area contributed by atoms with E-state index in [1.54, 1.807) is 39.3 Å². The normalized spacial score (nSPS) is 20.6. The molecule has 5 nitrogen and oxygen atoms in total. The lowest BCUT2D eigenvalue weighted by Crippen LogP contribution is -2.48. The number of carbonyl (C=O) groups excluding carboxylic acids is 2. The fourth-order valence-corrected chi connectivity index (χ4v) is 6.28. The molecule has 1 aliphatic heterocycles. The summed E-state index contributed by atoms with van der Waals surface area (Å²) in [4.78, 5) is 32.9. The second kappa shape index (κ2) is 8.10. The summed E-state index contributed by atoms with van der Waals surface area (Å²) in [5.74, 6) is 1.54. The minimum absolute atomic E-state index is 0.0629. The van der Waals surface area contributed by atoms with Gasteiger partial charge in [-0.15, -0.1) is 34.4 Å². The largest absolute Gasteiger partial charge is 0.349 e. The summed E-state index contributed by atoms with van der Waals surface area (Å²) in [6, 6.07) is 3.72. The molecule has 0 spiro atoms. The first-order valence-electron chi connectivity index (χ1n) is 8.86. The van der Waals surface area contributed by atoms with E-state index in [4.69, 9.17) is 0 Å². The summed E-state index contributed by atoms with van der Waals surface area (Å²) in [5, 5.41) is 7.98. The van der Waals surface area contributed by atoms with Crippen LogP contribution in [0.1, 0.15) is 31.4 Å². The number of amides is 2. The Morgan fingerprint density at radius 3 is 2.88 bits per heavy atom. The Morgan fingerprint density at radius 2 is 2.12 bits per heavy atom. The number of aromatic nitrogens is 1.